The second kappa shape index (κ2) is 5.01. The van der Waals surface area contributed by atoms with Crippen LogP contribution in [-0.4, -0.2) is 22.6 Å². The number of carboxylic acid groups (broad SMARTS) is 1. The van der Waals surface area contributed by atoms with Gasteiger partial charge in [0.25, 0.3) is 0 Å². The summed E-state index contributed by atoms with van der Waals surface area (Å²) in [7, 11) is 0. The molecule has 1 aliphatic heterocycles. The van der Waals surface area contributed by atoms with Gasteiger partial charge in [0.15, 0.2) is 10.8 Å². The van der Waals surface area contributed by atoms with E-state index in [2.05, 4.69) is 28.1 Å². The van der Waals surface area contributed by atoms with E-state index in [1.54, 1.807) is 5.38 Å². The van der Waals surface area contributed by atoms with Gasteiger partial charge in [-0.05, 0) is 24.0 Å². The number of carbonyl (C=O) groups is 1. The molecule has 19 heavy (non-hydrogen) atoms. The molecule has 1 aromatic carbocycles. The quantitative estimate of drug-likeness (QED) is 0.915. The summed E-state index contributed by atoms with van der Waals surface area (Å²) in [6.45, 7) is 1.73. The zero-order valence-corrected chi connectivity index (χ0v) is 11.2. The minimum atomic E-state index is -0.960. The monoisotopic (exact) mass is 274 g/mol. The number of rotatable bonds is 2. The molecule has 98 valence electrons. The number of benzene rings is 1. The lowest BCUT2D eigenvalue weighted by Crippen LogP contribution is -2.22. The first kappa shape index (κ1) is 12.2. The summed E-state index contributed by atoms with van der Waals surface area (Å²) in [5.74, 6) is -0.960. The third kappa shape index (κ3) is 2.46. The molecule has 4 nitrogen and oxygen atoms in total. The van der Waals surface area contributed by atoms with E-state index >= 15 is 0 Å². The van der Waals surface area contributed by atoms with Gasteiger partial charge in [-0.1, -0.05) is 24.3 Å². The highest BCUT2D eigenvalue weighted by Crippen LogP contribution is 2.26. The van der Waals surface area contributed by atoms with E-state index < -0.39 is 5.97 Å². The van der Waals surface area contributed by atoms with Gasteiger partial charge in [0.1, 0.15) is 0 Å². The smallest absolute Gasteiger partial charge is 0.355 e. The molecule has 2 heterocycles. The molecule has 0 unspecified atom stereocenters. The largest absolute Gasteiger partial charge is 0.476 e. The molecule has 0 amide bonds. The molecule has 3 rings (SSSR count). The number of thiazole rings is 1. The van der Waals surface area contributed by atoms with Crippen LogP contribution in [0.4, 0.5) is 5.13 Å². The van der Waals surface area contributed by atoms with Crippen LogP contribution in [0.1, 0.15) is 28.0 Å². The van der Waals surface area contributed by atoms with Crippen molar-refractivity contribution in [2.24, 2.45) is 0 Å². The Hall–Kier alpha value is -1.88. The molecule has 5 heteroatoms. The SMILES string of the molecule is O=C(O)c1csc(N2CCCc3ccccc3C2)n1. The van der Waals surface area contributed by atoms with Gasteiger partial charge >= 0.3 is 5.97 Å². The summed E-state index contributed by atoms with van der Waals surface area (Å²) in [5.41, 5.74) is 2.84. The van der Waals surface area contributed by atoms with Crippen LogP contribution in [0.2, 0.25) is 0 Å². The van der Waals surface area contributed by atoms with E-state index in [1.165, 1.54) is 22.5 Å². The van der Waals surface area contributed by atoms with Crippen molar-refractivity contribution in [2.45, 2.75) is 19.4 Å². The summed E-state index contributed by atoms with van der Waals surface area (Å²) in [5, 5.41) is 11.3. The first-order valence-corrected chi connectivity index (χ1v) is 7.12. The Labute approximate surface area is 115 Å². The van der Waals surface area contributed by atoms with Gasteiger partial charge < -0.3 is 10.0 Å². The predicted octanol–water partition coefficient (Wildman–Crippen LogP) is 2.79. The molecule has 0 fully saturated rings. The Morgan fingerprint density at radius 2 is 2.11 bits per heavy atom. The van der Waals surface area contributed by atoms with Gasteiger partial charge in [-0.2, -0.15) is 0 Å². The lowest BCUT2D eigenvalue weighted by atomic mass is 10.0. The van der Waals surface area contributed by atoms with E-state index in [0.717, 1.165) is 31.1 Å². The maximum atomic E-state index is 10.9. The fourth-order valence-electron chi connectivity index (χ4n) is 2.37. The minimum Gasteiger partial charge on any atom is -0.476 e. The maximum absolute atomic E-state index is 10.9. The summed E-state index contributed by atoms with van der Waals surface area (Å²) in [6.07, 6.45) is 2.14. The second-order valence-electron chi connectivity index (χ2n) is 4.61. The third-order valence-electron chi connectivity index (χ3n) is 3.34. The Kier molecular flexibility index (Phi) is 3.21. The molecule has 1 aliphatic rings. The standard InChI is InChI=1S/C14H14N2O2S/c17-13(18)12-9-19-14(15-12)16-7-3-6-10-4-1-2-5-11(10)8-16/h1-2,4-5,9H,3,6-8H2,(H,17,18). The van der Waals surface area contributed by atoms with Gasteiger partial charge in [-0.15, -0.1) is 11.3 Å². The fraction of sp³-hybridized carbons (Fsp3) is 0.286. The summed E-state index contributed by atoms with van der Waals surface area (Å²) in [6, 6.07) is 8.43. The summed E-state index contributed by atoms with van der Waals surface area (Å²) in [4.78, 5) is 17.3. The molecule has 0 aliphatic carbocycles. The van der Waals surface area contributed by atoms with Gasteiger partial charge in [0.05, 0.1) is 0 Å². The summed E-state index contributed by atoms with van der Waals surface area (Å²) < 4.78 is 0. The van der Waals surface area contributed by atoms with Gasteiger partial charge in [-0.25, -0.2) is 9.78 Å². The molecule has 1 aromatic heterocycles. The highest BCUT2D eigenvalue weighted by atomic mass is 32.1. The highest BCUT2D eigenvalue weighted by molar-refractivity contribution is 7.13. The second-order valence-corrected chi connectivity index (χ2v) is 5.45. The number of nitrogens with zero attached hydrogens (tertiary/aromatic N) is 2. The Bertz CT molecular complexity index is 609. The lowest BCUT2D eigenvalue weighted by molar-refractivity contribution is 0.0691. The van der Waals surface area contributed by atoms with E-state index in [9.17, 15) is 4.79 Å². The maximum Gasteiger partial charge on any atom is 0.355 e. The number of carboxylic acids is 1. The molecular weight excluding hydrogens is 260 g/mol. The zero-order chi connectivity index (χ0) is 13.2. The molecule has 0 radical (unpaired) electrons. The molecule has 0 saturated heterocycles. The molecule has 0 bridgehead atoms. The van der Waals surface area contributed by atoms with E-state index in [0.29, 0.717) is 0 Å². The number of aromatic carboxylic acids is 1. The van der Waals surface area contributed by atoms with Crippen molar-refractivity contribution < 1.29 is 9.90 Å². The summed E-state index contributed by atoms with van der Waals surface area (Å²) >= 11 is 1.40. The van der Waals surface area contributed by atoms with Crippen LogP contribution in [0.25, 0.3) is 0 Å². The van der Waals surface area contributed by atoms with Gasteiger partial charge in [0, 0.05) is 18.5 Å². The number of hydrogen-bond acceptors (Lipinski definition) is 4. The molecule has 0 atom stereocenters. The fourth-order valence-corrected chi connectivity index (χ4v) is 3.20. The van der Waals surface area contributed by atoms with Crippen molar-refractivity contribution >= 4 is 22.4 Å². The van der Waals surface area contributed by atoms with Crippen molar-refractivity contribution in [3.05, 3.63) is 46.5 Å². The Morgan fingerprint density at radius 3 is 2.84 bits per heavy atom. The first-order valence-electron chi connectivity index (χ1n) is 6.24. The molecule has 1 N–H and O–H groups in total. The van der Waals surface area contributed by atoms with E-state index in [1.807, 2.05) is 6.07 Å². The highest BCUT2D eigenvalue weighted by Gasteiger charge is 2.18. The minimum absolute atomic E-state index is 0.137. The van der Waals surface area contributed by atoms with Gasteiger partial charge in [-0.3, -0.25) is 0 Å². The first-order chi connectivity index (χ1) is 9.24. The van der Waals surface area contributed by atoms with Crippen LogP contribution in [0.15, 0.2) is 29.6 Å². The average Bonchev–Trinajstić information content (AvgIpc) is 2.80. The Balaban J connectivity index is 1.87. The van der Waals surface area contributed by atoms with Crippen molar-refractivity contribution in [3.63, 3.8) is 0 Å². The van der Waals surface area contributed by atoms with Crippen molar-refractivity contribution in [2.75, 3.05) is 11.4 Å². The van der Waals surface area contributed by atoms with Crippen molar-refractivity contribution in [1.29, 1.82) is 0 Å². The van der Waals surface area contributed by atoms with E-state index in [-0.39, 0.29) is 5.69 Å². The molecule has 0 spiro atoms. The number of fused-ring (bicyclic) bond motifs is 1. The van der Waals surface area contributed by atoms with Crippen LogP contribution < -0.4 is 4.90 Å². The molecule has 0 saturated carbocycles. The van der Waals surface area contributed by atoms with Crippen LogP contribution >= 0.6 is 11.3 Å². The zero-order valence-electron chi connectivity index (χ0n) is 10.4. The number of aromatic nitrogens is 1. The van der Waals surface area contributed by atoms with Gasteiger partial charge in [0.2, 0.25) is 0 Å². The van der Waals surface area contributed by atoms with Crippen molar-refractivity contribution in [1.82, 2.24) is 4.98 Å². The average molecular weight is 274 g/mol. The van der Waals surface area contributed by atoms with Crippen LogP contribution in [0, 0.1) is 0 Å². The van der Waals surface area contributed by atoms with Crippen molar-refractivity contribution in [3.8, 4) is 0 Å². The normalized spacial score (nSPS) is 14.8. The number of anilines is 1. The Morgan fingerprint density at radius 1 is 1.32 bits per heavy atom. The number of hydrogen-bond donors (Lipinski definition) is 1. The topological polar surface area (TPSA) is 53.4 Å². The third-order valence-corrected chi connectivity index (χ3v) is 4.24. The van der Waals surface area contributed by atoms with Crippen LogP contribution in [0.3, 0.4) is 0 Å². The number of aryl methyl sites for hydroxylation is 1. The van der Waals surface area contributed by atoms with Crippen LogP contribution in [-0.2, 0) is 13.0 Å². The predicted molar refractivity (Wildman–Crippen MR) is 74.9 cm³/mol. The van der Waals surface area contributed by atoms with Crippen LogP contribution in [0.5, 0.6) is 0 Å². The van der Waals surface area contributed by atoms with E-state index in [4.69, 9.17) is 5.11 Å². The molecule has 2 aromatic rings. The lowest BCUT2D eigenvalue weighted by Gasteiger charge is -2.19. The molecular formula is C14H14N2O2S.